The molecule has 6 heteroatoms. The highest BCUT2D eigenvalue weighted by atomic mass is 16.7. The molecule has 1 aliphatic rings. The molecule has 0 spiro atoms. The quantitative estimate of drug-likeness (QED) is 0.520. The molecule has 5 unspecified atom stereocenters. The zero-order valence-corrected chi connectivity index (χ0v) is 18.1. The fourth-order valence-corrected chi connectivity index (χ4v) is 3.89. The number of carbonyl (C=O) groups excluding carboxylic acids is 1. The summed E-state index contributed by atoms with van der Waals surface area (Å²) >= 11 is 0. The monoisotopic (exact) mass is 406 g/mol. The summed E-state index contributed by atoms with van der Waals surface area (Å²) in [6.45, 7) is 7.58. The lowest BCUT2D eigenvalue weighted by atomic mass is 9.87. The standard InChI is InChI=1S/C23H38N2O4/c1-4-20-17(2)22(28-16-19-12-8-7-9-13-19)21(25-18(3)26)23(29-20)27-15-11-6-5-10-14-24/h7-9,12-13,17,20-23H,4-6,10-11,14-16,24H2,1-3H3,(H,25,26). The summed E-state index contributed by atoms with van der Waals surface area (Å²) < 4.78 is 18.7. The summed E-state index contributed by atoms with van der Waals surface area (Å²) in [5, 5.41) is 3.02. The molecule has 1 aromatic rings. The smallest absolute Gasteiger partial charge is 0.217 e. The van der Waals surface area contributed by atoms with E-state index in [2.05, 4.69) is 19.2 Å². The molecule has 5 atom stereocenters. The minimum Gasteiger partial charge on any atom is -0.371 e. The number of nitrogens with one attached hydrogen (secondary N) is 1. The lowest BCUT2D eigenvalue weighted by molar-refractivity contribution is -0.258. The fraction of sp³-hybridized carbons (Fsp3) is 0.696. The van der Waals surface area contributed by atoms with Gasteiger partial charge in [0.05, 0.1) is 18.8 Å². The topological polar surface area (TPSA) is 82.8 Å². The maximum atomic E-state index is 11.9. The molecule has 3 N–H and O–H groups in total. The molecule has 29 heavy (non-hydrogen) atoms. The third-order valence-corrected chi connectivity index (χ3v) is 5.50. The zero-order valence-electron chi connectivity index (χ0n) is 18.1. The van der Waals surface area contributed by atoms with Crippen LogP contribution in [0.25, 0.3) is 0 Å². The Kier molecular flexibility index (Phi) is 10.6. The molecule has 1 saturated heterocycles. The number of benzene rings is 1. The number of rotatable bonds is 12. The molecule has 1 heterocycles. The Morgan fingerprint density at radius 3 is 2.52 bits per heavy atom. The van der Waals surface area contributed by atoms with Crippen molar-refractivity contribution in [1.82, 2.24) is 5.32 Å². The van der Waals surface area contributed by atoms with Crippen molar-refractivity contribution in [1.29, 1.82) is 0 Å². The first-order valence-electron chi connectivity index (χ1n) is 11.0. The van der Waals surface area contributed by atoms with Crippen molar-refractivity contribution in [3.8, 4) is 0 Å². The van der Waals surface area contributed by atoms with Gasteiger partial charge in [-0.25, -0.2) is 0 Å². The van der Waals surface area contributed by atoms with Crippen LogP contribution in [0.2, 0.25) is 0 Å². The Labute approximate surface area is 175 Å². The number of amides is 1. The van der Waals surface area contributed by atoms with Gasteiger partial charge >= 0.3 is 0 Å². The summed E-state index contributed by atoms with van der Waals surface area (Å²) in [5.41, 5.74) is 6.66. The van der Waals surface area contributed by atoms with Gasteiger partial charge in [-0.1, -0.05) is 57.0 Å². The van der Waals surface area contributed by atoms with E-state index >= 15 is 0 Å². The fourth-order valence-electron chi connectivity index (χ4n) is 3.89. The molecule has 0 saturated carbocycles. The first kappa shape index (κ1) is 23.8. The molecular formula is C23H38N2O4. The number of nitrogens with two attached hydrogens (primary N) is 1. The van der Waals surface area contributed by atoms with Crippen LogP contribution in [0.3, 0.4) is 0 Å². The van der Waals surface area contributed by atoms with E-state index in [1.165, 1.54) is 6.92 Å². The molecule has 0 bridgehead atoms. The molecule has 2 rings (SSSR count). The first-order chi connectivity index (χ1) is 14.1. The third kappa shape index (κ3) is 7.70. The number of carbonyl (C=O) groups is 1. The molecule has 6 nitrogen and oxygen atoms in total. The normalized spacial score (nSPS) is 27.0. The first-order valence-corrected chi connectivity index (χ1v) is 11.0. The van der Waals surface area contributed by atoms with E-state index in [1.807, 2.05) is 30.3 Å². The van der Waals surface area contributed by atoms with Crippen LogP contribution in [0, 0.1) is 5.92 Å². The van der Waals surface area contributed by atoms with Gasteiger partial charge in [-0.05, 0) is 31.4 Å². The predicted octanol–water partition coefficient (Wildman–Crippen LogP) is 3.38. The van der Waals surface area contributed by atoms with Gasteiger partial charge in [0.2, 0.25) is 5.91 Å². The van der Waals surface area contributed by atoms with Crippen LogP contribution in [0.4, 0.5) is 0 Å². The average Bonchev–Trinajstić information content (AvgIpc) is 2.72. The van der Waals surface area contributed by atoms with Crippen molar-refractivity contribution in [3.05, 3.63) is 35.9 Å². The van der Waals surface area contributed by atoms with E-state index in [0.717, 1.165) is 44.2 Å². The van der Waals surface area contributed by atoms with E-state index in [1.54, 1.807) is 0 Å². The molecule has 0 radical (unpaired) electrons. The molecule has 0 aromatic heterocycles. The molecule has 1 aromatic carbocycles. The minimum atomic E-state index is -0.504. The van der Waals surface area contributed by atoms with Gasteiger partial charge in [0, 0.05) is 19.4 Å². The highest BCUT2D eigenvalue weighted by Gasteiger charge is 2.45. The second-order valence-corrected chi connectivity index (χ2v) is 7.87. The third-order valence-electron chi connectivity index (χ3n) is 5.50. The molecular weight excluding hydrogens is 368 g/mol. The Bertz CT molecular complexity index is 584. The molecule has 0 aliphatic carbocycles. The summed E-state index contributed by atoms with van der Waals surface area (Å²) in [6.07, 6.45) is 4.40. The number of hydrogen-bond acceptors (Lipinski definition) is 5. The number of hydrogen-bond donors (Lipinski definition) is 2. The van der Waals surface area contributed by atoms with E-state index in [-0.39, 0.29) is 30.1 Å². The highest BCUT2D eigenvalue weighted by Crippen LogP contribution is 2.31. The largest absolute Gasteiger partial charge is 0.371 e. The van der Waals surface area contributed by atoms with E-state index in [4.69, 9.17) is 19.9 Å². The molecule has 1 aliphatic heterocycles. The Morgan fingerprint density at radius 2 is 1.86 bits per heavy atom. The maximum Gasteiger partial charge on any atom is 0.217 e. The van der Waals surface area contributed by atoms with Gasteiger partial charge in [-0.2, -0.15) is 0 Å². The van der Waals surface area contributed by atoms with E-state index < -0.39 is 6.29 Å². The Morgan fingerprint density at radius 1 is 1.14 bits per heavy atom. The van der Waals surface area contributed by atoms with Crippen LogP contribution in [-0.4, -0.2) is 43.6 Å². The van der Waals surface area contributed by atoms with Gasteiger partial charge in [-0.3, -0.25) is 4.79 Å². The van der Waals surface area contributed by atoms with Crippen LogP contribution in [0.15, 0.2) is 30.3 Å². The second kappa shape index (κ2) is 13.0. The zero-order chi connectivity index (χ0) is 21.1. The van der Waals surface area contributed by atoms with E-state index in [0.29, 0.717) is 13.2 Å². The van der Waals surface area contributed by atoms with Gasteiger partial charge in [-0.15, -0.1) is 0 Å². The van der Waals surface area contributed by atoms with Crippen molar-refractivity contribution in [2.45, 2.75) is 84.0 Å². The lowest BCUT2D eigenvalue weighted by Gasteiger charge is -2.45. The van der Waals surface area contributed by atoms with Gasteiger partial charge < -0.3 is 25.3 Å². The van der Waals surface area contributed by atoms with Crippen molar-refractivity contribution >= 4 is 5.91 Å². The van der Waals surface area contributed by atoms with Crippen LogP contribution < -0.4 is 11.1 Å². The van der Waals surface area contributed by atoms with Gasteiger partial charge in [0.1, 0.15) is 6.04 Å². The van der Waals surface area contributed by atoms with Crippen LogP contribution >= 0.6 is 0 Å². The summed E-state index contributed by atoms with van der Waals surface area (Å²) in [4.78, 5) is 11.9. The van der Waals surface area contributed by atoms with Crippen molar-refractivity contribution < 1.29 is 19.0 Å². The summed E-state index contributed by atoms with van der Waals surface area (Å²) in [7, 11) is 0. The van der Waals surface area contributed by atoms with Gasteiger partial charge in [0.25, 0.3) is 0 Å². The lowest BCUT2D eigenvalue weighted by Crippen LogP contribution is -2.61. The van der Waals surface area contributed by atoms with Crippen molar-refractivity contribution in [2.75, 3.05) is 13.2 Å². The van der Waals surface area contributed by atoms with Crippen LogP contribution in [-0.2, 0) is 25.6 Å². The number of ether oxygens (including phenoxy) is 3. The Balaban J connectivity index is 2.03. The SMILES string of the molecule is CCC1OC(OCCCCCCN)C(NC(C)=O)C(OCc2ccccc2)C1C. The van der Waals surface area contributed by atoms with Gasteiger partial charge in [0.15, 0.2) is 6.29 Å². The molecule has 1 amide bonds. The maximum absolute atomic E-state index is 11.9. The van der Waals surface area contributed by atoms with Crippen molar-refractivity contribution in [3.63, 3.8) is 0 Å². The van der Waals surface area contributed by atoms with Crippen LogP contribution in [0.5, 0.6) is 0 Å². The molecule has 164 valence electrons. The summed E-state index contributed by atoms with van der Waals surface area (Å²) in [6, 6.07) is 9.75. The average molecular weight is 407 g/mol. The molecule has 1 fully saturated rings. The van der Waals surface area contributed by atoms with Crippen LogP contribution in [0.1, 0.15) is 58.4 Å². The highest BCUT2D eigenvalue weighted by molar-refractivity contribution is 5.73. The predicted molar refractivity (Wildman–Crippen MR) is 114 cm³/mol. The summed E-state index contributed by atoms with van der Waals surface area (Å²) in [5.74, 6) is 0.0376. The van der Waals surface area contributed by atoms with E-state index in [9.17, 15) is 4.79 Å². The minimum absolute atomic E-state index is 0.0306. The van der Waals surface area contributed by atoms with Crippen molar-refractivity contribution in [2.24, 2.45) is 11.7 Å². The Hall–Kier alpha value is -1.47. The second-order valence-electron chi connectivity index (χ2n) is 7.87. The number of unbranched alkanes of at least 4 members (excludes halogenated alkanes) is 3.